The van der Waals surface area contributed by atoms with Gasteiger partial charge in [0.25, 0.3) is 5.91 Å². The number of nitrogens with one attached hydrogen (secondary N) is 1. The lowest BCUT2D eigenvalue weighted by molar-refractivity contribution is 0.0900. The van der Waals surface area contributed by atoms with Crippen LogP contribution in [0.2, 0.25) is 0 Å². The summed E-state index contributed by atoms with van der Waals surface area (Å²) in [4.78, 5) is 31.9. The molecular weight excluding hydrogens is 312 g/mol. The van der Waals surface area contributed by atoms with Crippen LogP contribution in [0.25, 0.3) is 11.5 Å². The van der Waals surface area contributed by atoms with Crippen molar-refractivity contribution in [3.8, 4) is 11.5 Å². The number of amides is 1. The monoisotopic (exact) mass is 326 g/mol. The molecule has 8 nitrogen and oxygen atoms in total. The maximum atomic E-state index is 12.2. The number of hydrogen-bond donors (Lipinski definition) is 1. The lowest BCUT2D eigenvalue weighted by Gasteiger charge is -2.09. The molecule has 3 aromatic heterocycles. The summed E-state index contributed by atoms with van der Waals surface area (Å²) in [5, 5.41) is 6.49. The Morgan fingerprint density at radius 3 is 2.83 bits per heavy atom. The highest BCUT2D eigenvalue weighted by Gasteiger charge is 2.20. The van der Waals surface area contributed by atoms with E-state index in [4.69, 9.17) is 8.94 Å². The average Bonchev–Trinajstić information content (AvgIpc) is 3.05. The third kappa shape index (κ3) is 3.37. The average molecular weight is 326 g/mol. The Kier molecular flexibility index (Phi) is 4.19. The largest absolute Gasteiger partial charge is 0.456 e. The molecule has 0 aliphatic carbocycles. The van der Waals surface area contributed by atoms with Crippen LogP contribution in [0.4, 0.5) is 0 Å². The number of pyridine rings is 1. The molecule has 0 bridgehead atoms. The standard InChI is InChI=1S/C16H14N4O4/c1-9-7-11(21)8-13(23-9)15(22)18-10(2)16-19-14(20-24-16)12-5-3-4-6-17-12/h3-8,10H,1-2H3,(H,18,22)/t10-/m0/s1. The second kappa shape index (κ2) is 6.45. The smallest absolute Gasteiger partial charge is 0.287 e. The van der Waals surface area contributed by atoms with Gasteiger partial charge in [-0.2, -0.15) is 4.98 Å². The van der Waals surface area contributed by atoms with Crippen molar-refractivity contribution in [3.63, 3.8) is 0 Å². The van der Waals surface area contributed by atoms with Gasteiger partial charge in [-0.05, 0) is 26.0 Å². The summed E-state index contributed by atoms with van der Waals surface area (Å²) >= 11 is 0. The second-order valence-electron chi connectivity index (χ2n) is 5.13. The van der Waals surface area contributed by atoms with E-state index < -0.39 is 11.9 Å². The summed E-state index contributed by atoms with van der Waals surface area (Å²) in [5.41, 5.74) is 0.266. The number of nitrogens with zero attached hydrogens (tertiary/aromatic N) is 3. The molecule has 3 rings (SSSR count). The van der Waals surface area contributed by atoms with Crippen LogP contribution in [0.1, 0.15) is 35.2 Å². The molecule has 0 saturated heterocycles. The summed E-state index contributed by atoms with van der Waals surface area (Å²) in [5.74, 6) is 0.292. The molecule has 1 N–H and O–H groups in total. The van der Waals surface area contributed by atoms with E-state index >= 15 is 0 Å². The van der Waals surface area contributed by atoms with Crippen molar-refractivity contribution in [3.05, 3.63) is 64.2 Å². The van der Waals surface area contributed by atoms with E-state index in [1.165, 1.54) is 6.07 Å². The summed E-state index contributed by atoms with van der Waals surface area (Å²) < 4.78 is 10.4. The Hall–Kier alpha value is -3.29. The minimum Gasteiger partial charge on any atom is -0.456 e. The van der Waals surface area contributed by atoms with Gasteiger partial charge < -0.3 is 14.3 Å². The second-order valence-corrected chi connectivity index (χ2v) is 5.13. The lowest BCUT2D eigenvalue weighted by Crippen LogP contribution is -2.27. The highest BCUT2D eigenvalue weighted by atomic mass is 16.5. The van der Waals surface area contributed by atoms with Gasteiger partial charge in [0.05, 0.1) is 0 Å². The number of hydrogen-bond acceptors (Lipinski definition) is 7. The Balaban J connectivity index is 1.75. The SMILES string of the molecule is Cc1cc(=O)cc(C(=O)N[C@@H](C)c2nc(-c3ccccn3)no2)o1. The molecule has 24 heavy (non-hydrogen) atoms. The van der Waals surface area contributed by atoms with Crippen molar-refractivity contribution in [2.45, 2.75) is 19.9 Å². The summed E-state index contributed by atoms with van der Waals surface area (Å²) in [7, 11) is 0. The number of carbonyl (C=O) groups excluding carboxylic acids is 1. The molecule has 0 unspecified atom stereocenters. The third-order valence-electron chi connectivity index (χ3n) is 3.17. The zero-order valence-corrected chi connectivity index (χ0v) is 13.0. The van der Waals surface area contributed by atoms with E-state index in [1.54, 1.807) is 32.2 Å². The van der Waals surface area contributed by atoms with Crippen LogP contribution in [-0.4, -0.2) is 21.0 Å². The van der Waals surface area contributed by atoms with Crippen molar-refractivity contribution >= 4 is 5.91 Å². The van der Waals surface area contributed by atoms with Crippen LogP contribution in [0.15, 0.2) is 50.3 Å². The summed E-state index contributed by atoms with van der Waals surface area (Å²) in [6.45, 7) is 3.28. The zero-order chi connectivity index (χ0) is 17.1. The van der Waals surface area contributed by atoms with E-state index in [2.05, 4.69) is 20.4 Å². The normalized spacial score (nSPS) is 11.9. The minimum atomic E-state index is -0.562. The quantitative estimate of drug-likeness (QED) is 0.779. The molecule has 3 aromatic rings. The molecule has 122 valence electrons. The molecule has 0 radical (unpaired) electrons. The number of aromatic nitrogens is 3. The molecule has 0 aliphatic rings. The highest BCUT2D eigenvalue weighted by Crippen LogP contribution is 2.16. The first-order chi connectivity index (χ1) is 11.5. The van der Waals surface area contributed by atoms with Crippen molar-refractivity contribution in [2.24, 2.45) is 0 Å². The predicted molar refractivity (Wildman–Crippen MR) is 83.1 cm³/mol. The molecule has 0 spiro atoms. The van der Waals surface area contributed by atoms with E-state index in [1.807, 2.05) is 6.07 Å². The minimum absolute atomic E-state index is 0.0729. The van der Waals surface area contributed by atoms with Gasteiger partial charge in [-0.25, -0.2) is 0 Å². The maximum Gasteiger partial charge on any atom is 0.287 e. The molecule has 0 fully saturated rings. The summed E-state index contributed by atoms with van der Waals surface area (Å²) in [6.07, 6.45) is 1.62. The number of rotatable bonds is 4. The van der Waals surface area contributed by atoms with E-state index in [-0.39, 0.29) is 17.1 Å². The predicted octanol–water partition coefficient (Wildman–Crippen LogP) is 1.88. The van der Waals surface area contributed by atoms with E-state index in [9.17, 15) is 9.59 Å². The fraction of sp³-hybridized carbons (Fsp3) is 0.188. The van der Waals surface area contributed by atoms with Crippen LogP contribution >= 0.6 is 0 Å². The van der Waals surface area contributed by atoms with Gasteiger partial charge >= 0.3 is 0 Å². The molecule has 8 heteroatoms. The van der Waals surface area contributed by atoms with Gasteiger partial charge in [0.1, 0.15) is 17.5 Å². The van der Waals surface area contributed by atoms with Gasteiger partial charge in [-0.1, -0.05) is 11.2 Å². The number of aryl methyl sites for hydroxylation is 1. The van der Waals surface area contributed by atoms with Crippen LogP contribution in [0.3, 0.4) is 0 Å². The first kappa shape index (κ1) is 15.6. The van der Waals surface area contributed by atoms with Crippen molar-refractivity contribution in [1.29, 1.82) is 0 Å². The first-order valence-corrected chi connectivity index (χ1v) is 7.20. The fourth-order valence-electron chi connectivity index (χ4n) is 2.06. The Morgan fingerprint density at radius 1 is 1.29 bits per heavy atom. The fourth-order valence-corrected chi connectivity index (χ4v) is 2.06. The zero-order valence-electron chi connectivity index (χ0n) is 13.0. The molecule has 3 heterocycles. The van der Waals surface area contributed by atoms with Crippen LogP contribution < -0.4 is 10.7 Å². The van der Waals surface area contributed by atoms with Gasteiger partial charge in [-0.3, -0.25) is 14.6 Å². The van der Waals surface area contributed by atoms with Crippen molar-refractivity contribution in [2.75, 3.05) is 0 Å². The Morgan fingerprint density at radius 2 is 2.12 bits per heavy atom. The molecule has 1 atom stereocenters. The topological polar surface area (TPSA) is 111 Å². The summed E-state index contributed by atoms with van der Waals surface area (Å²) in [6, 6.07) is 7.21. The third-order valence-corrected chi connectivity index (χ3v) is 3.17. The highest BCUT2D eigenvalue weighted by molar-refractivity contribution is 5.91. The van der Waals surface area contributed by atoms with Crippen molar-refractivity contribution in [1.82, 2.24) is 20.4 Å². The van der Waals surface area contributed by atoms with Gasteiger partial charge in [0.2, 0.25) is 11.7 Å². The molecule has 0 aliphatic heterocycles. The maximum absolute atomic E-state index is 12.2. The molecule has 0 saturated carbocycles. The van der Waals surface area contributed by atoms with Gasteiger partial charge in [0, 0.05) is 18.3 Å². The van der Waals surface area contributed by atoms with E-state index in [0.29, 0.717) is 17.3 Å². The van der Waals surface area contributed by atoms with Crippen molar-refractivity contribution < 1.29 is 13.7 Å². The van der Waals surface area contributed by atoms with Crippen LogP contribution in [0, 0.1) is 6.92 Å². The molecule has 0 aromatic carbocycles. The lowest BCUT2D eigenvalue weighted by atomic mass is 10.3. The van der Waals surface area contributed by atoms with Gasteiger partial charge in [-0.15, -0.1) is 0 Å². The van der Waals surface area contributed by atoms with E-state index in [0.717, 1.165) is 6.07 Å². The van der Waals surface area contributed by atoms with Crippen LogP contribution in [0.5, 0.6) is 0 Å². The Labute approximate surface area is 136 Å². The van der Waals surface area contributed by atoms with Crippen LogP contribution in [-0.2, 0) is 0 Å². The van der Waals surface area contributed by atoms with Gasteiger partial charge in [0.15, 0.2) is 11.2 Å². The molecule has 1 amide bonds. The Bertz CT molecular complexity index is 917. The number of carbonyl (C=O) groups is 1. The molecular formula is C16H14N4O4. The first-order valence-electron chi connectivity index (χ1n) is 7.20.